The zero-order chi connectivity index (χ0) is 19.2. The Morgan fingerprint density at radius 1 is 1.04 bits per heavy atom. The molecule has 1 saturated heterocycles. The molecule has 1 aliphatic rings. The van der Waals surface area contributed by atoms with E-state index in [2.05, 4.69) is 5.32 Å². The van der Waals surface area contributed by atoms with Gasteiger partial charge in [-0.3, -0.25) is 9.59 Å². The molecule has 2 aromatic carbocycles. The van der Waals surface area contributed by atoms with Gasteiger partial charge in [0.15, 0.2) is 6.10 Å². The SMILES string of the molecule is Cc1cccc(OC(C)C(=O)Nc2ccc(C(=O)N3CCCCC3)cc2)c1. The number of aryl methyl sites for hydroxylation is 1. The summed E-state index contributed by atoms with van der Waals surface area (Å²) in [6.07, 6.45) is 2.70. The minimum atomic E-state index is -0.624. The monoisotopic (exact) mass is 366 g/mol. The predicted molar refractivity (Wildman–Crippen MR) is 106 cm³/mol. The number of carbonyl (C=O) groups is 2. The summed E-state index contributed by atoms with van der Waals surface area (Å²) in [4.78, 5) is 26.7. The van der Waals surface area contributed by atoms with Crippen LogP contribution in [0.25, 0.3) is 0 Å². The average Bonchev–Trinajstić information content (AvgIpc) is 2.68. The number of amides is 2. The van der Waals surface area contributed by atoms with Crippen molar-refractivity contribution in [2.45, 2.75) is 39.2 Å². The lowest BCUT2D eigenvalue weighted by Crippen LogP contribution is -2.35. The van der Waals surface area contributed by atoms with E-state index in [1.165, 1.54) is 6.42 Å². The van der Waals surface area contributed by atoms with E-state index in [4.69, 9.17) is 4.74 Å². The van der Waals surface area contributed by atoms with Crippen molar-refractivity contribution in [2.75, 3.05) is 18.4 Å². The van der Waals surface area contributed by atoms with Gasteiger partial charge < -0.3 is 15.0 Å². The Labute approximate surface area is 160 Å². The highest BCUT2D eigenvalue weighted by atomic mass is 16.5. The molecule has 27 heavy (non-hydrogen) atoms. The van der Waals surface area contributed by atoms with Gasteiger partial charge >= 0.3 is 0 Å². The maximum absolute atomic E-state index is 12.5. The summed E-state index contributed by atoms with van der Waals surface area (Å²) >= 11 is 0. The molecule has 1 N–H and O–H groups in total. The molecule has 1 atom stereocenters. The molecule has 1 fully saturated rings. The predicted octanol–water partition coefficient (Wildman–Crippen LogP) is 4.03. The van der Waals surface area contributed by atoms with Crippen LogP contribution in [-0.2, 0) is 4.79 Å². The Bertz CT molecular complexity index is 795. The summed E-state index contributed by atoms with van der Waals surface area (Å²) in [5.41, 5.74) is 2.38. The third kappa shape index (κ3) is 5.09. The van der Waals surface area contributed by atoms with E-state index >= 15 is 0 Å². The van der Waals surface area contributed by atoms with E-state index in [0.29, 0.717) is 17.0 Å². The van der Waals surface area contributed by atoms with Gasteiger partial charge in [-0.05, 0) is 75.1 Å². The number of anilines is 1. The molecule has 142 valence electrons. The topological polar surface area (TPSA) is 58.6 Å². The Balaban J connectivity index is 1.57. The summed E-state index contributed by atoms with van der Waals surface area (Å²) in [6.45, 7) is 5.34. The molecule has 2 amide bonds. The van der Waals surface area contributed by atoms with E-state index < -0.39 is 6.10 Å². The summed E-state index contributed by atoms with van der Waals surface area (Å²) in [6, 6.07) is 14.6. The first-order valence-electron chi connectivity index (χ1n) is 9.46. The van der Waals surface area contributed by atoms with Crippen LogP contribution in [-0.4, -0.2) is 35.9 Å². The Hall–Kier alpha value is -2.82. The van der Waals surface area contributed by atoms with Crippen LogP contribution in [0.2, 0.25) is 0 Å². The molecule has 0 aromatic heterocycles. The lowest BCUT2D eigenvalue weighted by atomic mass is 10.1. The molecule has 5 nitrogen and oxygen atoms in total. The molecule has 3 rings (SSSR count). The van der Waals surface area contributed by atoms with Gasteiger partial charge in [0.1, 0.15) is 5.75 Å². The van der Waals surface area contributed by atoms with E-state index in [-0.39, 0.29) is 11.8 Å². The van der Waals surface area contributed by atoms with E-state index in [9.17, 15) is 9.59 Å². The molecule has 5 heteroatoms. The van der Waals surface area contributed by atoms with Crippen LogP contribution >= 0.6 is 0 Å². The van der Waals surface area contributed by atoms with E-state index in [1.807, 2.05) is 36.1 Å². The highest BCUT2D eigenvalue weighted by Gasteiger charge is 2.19. The van der Waals surface area contributed by atoms with Crippen LogP contribution in [0, 0.1) is 6.92 Å². The number of carbonyl (C=O) groups excluding carboxylic acids is 2. The fourth-order valence-corrected chi connectivity index (χ4v) is 3.17. The normalized spacial score (nSPS) is 15.1. The first kappa shape index (κ1) is 19.0. The molecule has 0 spiro atoms. The lowest BCUT2D eigenvalue weighted by molar-refractivity contribution is -0.122. The maximum atomic E-state index is 12.5. The standard InChI is InChI=1S/C22H26N2O3/c1-16-7-6-8-20(15-16)27-17(2)21(25)23-19-11-9-18(10-12-19)22(26)24-13-4-3-5-14-24/h6-12,15,17H,3-5,13-14H2,1-2H3,(H,23,25). The summed E-state index contributed by atoms with van der Waals surface area (Å²) in [5, 5.41) is 2.83. The first-order valence-corrected chi connectivity index (χ1v) is 9.46. The van der Waals surface area contributed by atoms with Gasteiger partial charge in [0.2, 0.25) is 0 Å². The quantitative estimate of drug-likeness (QED) is 0.869. The summed E-state index contributed by atoms with van der Waals surface area (Å²) in [5.74, 6) is 0.496. The molecule has 0 saturated carbocycles. The van der Waals surface area contributed by atoms with Gasteiger partial charge in [-0.1, -0.05) is 12.1 Å². The van der Waals surface area contributed by atoms with Gasteiger partial charge in [0, 0.05) is 24.3 Å². The average molecular weight is 366 g/mol. The molecule has 0 bridgehead atoms. The van der Waals surface area contributed by atoms with Crippen LogP contribution in [0.3, 0.4) is 0 Å². The van der Waals surface area contributed by atoms with Crippen molar-refractivity contribution in [3.8, 4) is 5.75 Å². The van der Waals surface area contributed by atoms with Gasteiger partial charge in [0.05, 0.1) is 0 Å². The first-order chi connectivity index (χ1) is 13.0. The Morgan fingerprint density at radius 3 is 2.41 bits per heavy atom. The van der Waals surface area contributed by atoms with Crippen molar-refractivity contribution < 1.29 is 14.3 Å². The van der Waals surface area contributed by atoms with Crippen LogP contribution < -0.4 is 10.1 Å². The molecular formula is C22H26N2O3. The highest BCUT2D eigenvalue weighted by molar-refractivity contribution is 5.96. The van der Waals surface area contributed by atoms with Crippen LogP contribution in [0.4, 0.5) is 5.69 Å². The fraction of sp³-hybridized carbons (Fsp3) is 0.364. The molecule has 0 radical (unpaired) electrons. The molecule has 1 aliphatic heterocycles. The number of piperidine rings is 1. The van der Waals surface area contributed by atoms with E-state index in [0.717, 1.165) is 31.5 Å². The van der Waals surface area contributed by atoms with Crippen LogP contribution in [0.5, 0.6) is 5.75 Å². The van der Waals surface area contributed by atoms with Gasteiger partial charge in [0.25, 0.3) is 11.8 Å². The number of ether oxygens (including phenoxy) is 1. The van der Waals surface area contributed by atoms with Gasteiger partial charge in [-0.2, -0.15) is 0 Å². The van der Waals surface area contributed by atoms with Crippen molar-refractivity contribution >= 4 is 17.5 Å². The molecule has 0 aliphatic carbocycles. The number of rotatable bonds is 5. The second-order valence-electron chi connectivity index (χ2n) is 7.00. The number of hydrogen-bond donors (Lipinski definition) is 1. The highest BCUT2D eigenvalue weighted by Crippen LogP contribution is 2.17. The molecule has 1 heterocycles. The smallest absolute Gasteiger partial charge is 0.265 e. The van der Waals surface area contributed by atoms with Crippen molar-refractivity contribution in [3.05, 3.63) is 59.7 Å². The largest absolute Gasteiger partial charge is 0.481 e. The number of benzene rings is 2. The van der Waals surface area contributed by atoms with E-state index in [1.54, 1.807) is 31.2 Å². The van der Waals surface area contributed by atoms with Crippen molar-refractivity contribution in [2.24, 2.45) is 0 Å². The second-order valence-corrected chi connectivity index (χ2v) is 7.00. The summed E-state index contributed by atoms with van der Waals surface area (Å²) in [7, 11) is 0. The minimum Gasteiger partial charge on any atom is -0.481 e. The van der Waals surface area contributed by atoms with Crippen molar-refractivity contribution in [1.29, 1.82) is 0 Å². The second kappa shape index (κ2) is 8.71. The van der Waals surface area contributed by atoms with Crippen LogP contribution in [0.1, 0.15) is 42.1 Å². The third-order valence-corrected chi connectivity index (χ3v) is 4.71. The molecule has 1 unspecified atom stereocenters. The van der Waals surface area contributed by atoms with Gasteiger partial charge in [-0.25, -0.2) is 0 Å². The van der Waals surface area contributed by atoms with Crippen molar-refractivity contribution in [1.82, 2.24) is 4.90 Å². The number of hydrogen-bond acceptors (Lipinski definition) is 3. The minimum absolute atomic E-state index is 0.0590. The lowest BCUT2D eigenvalue weighted by Gasteiger charge is -2.26. The zero-order valence-electron chi connectivity index (χ0n) is 15.9. The van der Waals surface area contributed by atoms with Crippen molar-refractivity contribution in [3.63, 3.8) is 0 Å². The van der Waals surface area contributed by atoms with Gasteiger partial charge in [-0.15, -0.1) is 0 Å². The fourth-order valence-electron chi connectivity index (χ4n) is 3.17. The maximum Gasteiger partial charge on any atom is 0.265 e. The molecule has 2 aromatic rings. The number of nitrogens with zero attached hydrogens (tertiary/aromatic N) is 1. The third-order valence-electron chi connectivity index (χ3n) is 4.71. The van der Waals surface area contributed by atoms with Crippen LogP contribution in [0.15, 0.2) is 48.5 Å². The Kier molecular flexibility index (Phi) is 6.12. The molecular weight excluding hydrogens is 340 g/mol. The summed E-state index contributed by atoms with van der Waals surface area (Å²) < 4.78 is 5.70. The number of nitrogens with one attached hydrogen (secondary N) is 1. The number of likely N-dealkylation sites (tertiary alicyclic amines) is 1. The Morgan fingerprint density at radius 2 is 1.74 bits per heavy atom. The zero-order valence-corrected chi connectivity index (χ0v) is 15.9.